The van der Waals surface area contributed by atoms with Gasteiger partial charge in [0.15, 0.2) is 17.3 Å². The maximum Gasteiger partial charge on any atom is 0.221 e. The van der Waals surface area contributed by atoms with Gasteiger partial charge in [0.1, 0.15) is 0 Å². The van der Waals surface area contributed by atoms with E-state index in [-0.39, 0.29) is 5.78 Å². The molecule has 6 heteroatoms. The van der Waals surface area contributed by atoms with Gasteiger partial charge in [-0.2, -0.15) is 0 Å². The summed E-state index contributed by atoms with van der Waals surface area (Å²) < 4.78 is 17.1. The van der Waals surface area contributed by atoms with Crippen LogP contribution in [-0.2, 0) is 14.9 Å². The van der Waals surface area contributed by atoms with E-state index in [1.54, 1.807) is 27.4 Å². The summed E-state index contributed by atoms with van der Waals surface area (Å²) in [5.41, 5.74) is 7.29. The van der Waals surface area contributed by atoms with Gasteiger partial charge in [0.2, 0.25) is 5.78 Å². The van der Waals surface area contributed by atoms with E-state index in [2.05, 4.69) is 66.1 Å². The largest absolute Gasteiger partial charge is 0.493 e. The maximum atomic E-state index is 13.3. The quantitative estimate of drug-likeness (QED) is 0.444. The van der Waals surface area contributed by atoms with Crippen LogP contribution in [0, 0.1) is 13.8 Å². The maximum absolute atomic E-state index is 13.3. The molecular formula is C31H32N2O4. The lowest BCUT2D eigenvalue weighted by Crippen LogP contribution is -2.44. The first-order chi connectivity index (χ1) is 17.7. The summed E-state index contributed by atoms with van der Waals surface area (Å²) in [5, 5.41) is 0. The van der Waals surface area contributed by atoms with Gasteiger partial charge in [-0.3, -0.25) is 4.79 Å². The van der Waals surface area contributed by atoms with Gasteiger partial charge >= 0.3 is 0 Å². The number of allylic oxidation sites excluding steroid dienone is 2. The second kappa shape index (κ2) is 9.04. The van der Waals surface area contributed by atoms with Gasteiger partial charge in [-0.05, 0) is 49.8 Å². The van der Waals surface area contributed by atoms with E-state index in [4.69, 9.17) is 14.2 Å². The van der Waals surface area contributed by atoms with Gasteiger partial charge in [0.25, 0.3) is 0 Å². The predicted octanol–water partition coefficient (Wildman–Crippen LogP) is 5.82. The Bertz CT molecular complexity index is 1450. The molecule has 1 atom stereocenters. The van der Waals surface area contributed by atoms with Crippen molar-refractivity contribution in [2.75, 3.05) is 45.2 Å². The zero-order valence-electron chi connectivity index (χ0n) is 22.4. The molecule has 0 fully saturated rings. The first-order valence-corrected chi connectivity index (χ1v) is 12.2. The van der Waals surface area contributed by atoms with Crippen LogP contribution in [0.15, 0.2) is 78.2 Å². The van der Waals surface area contributed by atoms with Crippen LogP contribution in [0.5, 0.6) is 11.5 Å². The lowest BCUT2D eigenvalue weighted by molar-refractivity contribution is -0.114. The molecule has 1 spiro atoms. The molecule has 1 unspecified atom stereocenters. The van der Waals surface area contributed by atoms with E-state index in [0.29, 0.717) is 17.3 Å². The molecular weight excluding hydrogens is 464 g/mol. The summed E-state index contributed by atoms with van der Waals surface area (Å²) in [4.78, 5) is 17.5. The van der Waals surface area contributed by atoms with Gasteiger partial charge < -0.3 is 24.0 Å². The minimum absolute atomic E-state index is 0.169. The third kappa shape index (κ3) is 3.67. The van der Waals surface area contributed by atoms with E-state index in [9.17, 15) is 4.79 Å². The highest BCUT2D eigenvalue weighted by molar-refractivity contribution is 6.06. The Labute approximate surface area is 218 Å². The van der Waals surface area contributed by atoms with E-state index in [1.165, 1.54) is 5.56 Å². The van der Waals surface area contributed by atoms with Crippen LogP contribution < -0.4 is 19.3 Å². The Kier molecular flexibility index (Phi) is 5.98. The fourth-order valence-electron chi connectivity index (χ4n) is 5.51. The van der Waals surface area contributed by atoms with Gasteiger partial charge in [-0.1, -0.05) is 35.4 Å². The number of carbonyl (C=O) groups is 1. The fourth-order valence-corrected chi connectivity index (χ4v) is 5.51. The summed E-state index contributed by atoms with van der Waals surface area (Å²) in [5.74, 6) is 1.39. The number of methoxy groups -OCH3 is 3. The number of nitrogens with zero attached hydrogens (tertiary/aromatic N) is 2. The molecule has 0 saturated carbocycles. The highest BCUT2D eigenvalue weighted by atomic mass is 16.5. The summed E-state index contributed by atoms with van der Waals surface area (Å²) in [6.45, 7) is 4.15. The first-order valence-electron chi connectivity index (χ1n) is 12.2. The third-order valence-electron chi connectivity index (χ3n) is 7.49. The average molecular weight is 497 g/mol. The van der Waals surface area contributed by atoms with Crippen LogP contribution in [0.25, 0.3) is 0 Å². The Morgan fingerprint density at radius 1 is 0.784 bits per heavy atom. The number of hydrogen-bond acceptors (Lipinski definition) is 6. The Balaban J connectivity index is 1.90. The third-order valence-corrected chi connectivity index (χ3v) is 7.49. The second-order valence-corrected chi connectivity index (χ2v) is 9.61. The zero-order valence-corrected chi connectivity index (χ0v) is 22.4. The SMILES string of the molecule is COC1=CC2(C(N(C)c3ccc(C)cc3)=CC1=O)c1cc(C)ccc1N(C)c1cc(OC)c(OC)cc12. The minimum atomic E-state index is -0.832. The number of carbonyl (C=O) groups excluding carboxylic acids is 1. The highest BCUT2D eigenvalue weighted by Crippen LogP contribution is 2.57. The zero-order chi connectivity index (χ0) is 26.5. The summed E-state index contributed by atoms with van der Waals surface area (Å²) in [6.07, 6.45) is 3.67. The first kappa shape index (κ1) is 24.5. The monoisotopic (exact) mass is 496 g/mol. The number of rotatable bonds is 5. The standard InChI is InChI=1S/C31H32N2O4/c1-19-8-11-21(12-9-19)32(3)30-17-26(34)29(37-7)18-31(30)22-14-20(2)10-13-24(22)33(4)25-16-28(36-6)27(35-5)15-23(25)31/h8-18H,1-7H3. The van der Waals surface area contributed by atoms with Crippen molar-refractivity contribution in [1.82, 2.24) is 0 Å². The normalized spacial score (nSPS) is 18.0. The summed E-state index contributed by atoms with van der Waals surface area (Å²) >= 11 is 0. The molecule has 0 N–H and O–H groups in total. The second-order valence-electron chi connectivity index (χ2n) is 9.61. The lowest BCUT2D eigenvalue weighted by atomic mass is 9.65. The van der Waals surface area contributed by atoms with E-state index in [0.717, 1.165) is 39.4 Å². The van der Waals surface area contributed by atoms with Gasteiger partial charge in [-0.15, -0.1) is 0 Å². The molecule has 1 aliphatic heterocycles. The van der Waals surface area contributed by atoms with Crippen molar-refractivity contribution in [3.05, 3.63) is 100 Å². The molecule has 0 aromatic heterocycles. The molecule has 1 heterocycles. The number of ketones is 1. The molecule has 0 amide bonds. The van der Waals surface area contributed by atoms with Crippen molar-refractivity contribution in [3.8, 4) is 11.5 Å². The molecule has 6 nitrogen and oxygen atoms in total. The van der Waals surface area contributed by atoms with Crippen molar-refractivity contribution in [3.63, 3.8) is 0 Å². The van der Waals surface area contributed by atoms with Crippen molar-refractivity contribution in [2.45, 2.75) is 19.3 Å². The fraction of sp³-hybridized carbons (Fsp3) is 0.258. The van der Waals surface area contributed by atoms with Crippen LogP contribution in [0.1, 0.15) is 22.3 Å². The number of aryl methyl sites for hydroxylation is 2. The molecule has 2 aliphatic rings. The van der Waals surface area contributed by atoms with E-state index in [1.807, 2.05) is 32.3 Å². The molecule has 190 valence electrons. The van der Waals surface area contributed by atoms with Crippen LogP contribution in [0.4, 0.5) is 17.1 Å². The number of likely N-dealkylation sites (N-methyl/N-ethyl adjacent to an activating group) is 1. The van der Waals surface area contributed by atoms with E-state index >= 15 is 0 Å². The van der Waals surface area contributed by atoms with Crippen LogP contribution in [0.2, 0.25) is 0 Å². The topological polar surface area (TPSA) is 51.2 Å². The molecule has 5 rings (SSSR count). The number of benzene rings is 3. The molecule has 0 saturated heterocycles. The Morgan fingerprint density at radius 3 is 2.05 bits per heavy atom. The van der Waals surface area contributed by atoms with Crippen LogP contribution in [0.3, 0.4) is 0 Å². The van der Waals surface area contributed by atoms with Crippen molar-refractivity contribution in [1.29, 1.82) is 0 Å². The lowest BCUT2D eigenvalue weighted by Gasteiger charge is -2.48. The number of anilines is 3. The summed E-state index contributed by atoms with van der Waals surface area (Å²) in [7, 11) is 8.87. The number of fused-ring (bicyclic) bond motifs is 4. The molecule has 0 bridgehead atoms. The van der Waals surface area contributed by atoms with Gasteiger partial charge in [-0.25, -0.2) is 0 Å². The highest BCUT2D eigenvalue weighted by Gasteiger charge is 2.49. The van der Waals surface area contributed by atoms with Gasteiger partial charge in [0, 0.05) is 54.6 Å². The predicted molar refractivity (Wildman–Crippen MR) is 147 cm³/mol. The minimum Gasteiger partial charge on any atom is -0.493 e. The Morgan fingerprint density at radius 2 is 1.41 bits per heavy atom. The number of hydrogen-bond donors (Lipinski definition) is 0. The van der Waals surface area contributed by atoms with Crippen molar-refractivity contribution >= 4 is 22.8 Å². The average Bonchev–Trinajstić information content (AvgIpc) is 2.91. The van der Waals surface area contributed by atoms with Gasteiger partial charge in [0.05, 0.1) is 26.7 Å². The number of ether oxygens (including phenoxy) is 3. The van der Waals surface area contributed by atoms with Crippen molar-refractivity contribution in [2.24, 2.45) is 0 Å². The molecule has 1 aliphatic carbocycles. The van der Waals surface area contributed by atoms with Crippen LogP contribution >= 0.6 is 0 Å². The smallest absolute Gasteiger partial charge is 0.221 e. The molecule has 37 heavy (non-hydrogen) atoms. The Hall–Kier alpha value is -4.19. The van der Waals surface area contributed by atoms with Crippen molar-refractivity contribution < 1.29 is 19.0 Å². The molecule has 3 aromatic rings. The molecule has 3 aromatic carbocycles. The molecule has 0 radical (unpaired) electrons. The van der Waals surface area contributed by atoms with Crippen LogP contribution in [-0.4, -0.2) is 41.2 Å². The summed E-state index contributed by atoms with van der Waals surface area (Å²) in [6, 6.07) is 18.8. The van der Waals surface area contributed by atoms with E-state index < -0.39 is 5.41 Å².